The van der Waals surface area contributed by atoms with Crippen molar-refractivity contribution in [2.45, 2.75) is 67.6 Å². The number of nitrogens with zero attached hydrogens (tertiary/aromatic N) is 2. The quantitative estimate of drug-likeness (QED) is 0.875. The largest absolute Gasteiger partial charge is 0.394 e. The summed E-state index contributed by atoms with van der Waals surface area (Å²) in [5.74, 6) is 0.858. The number of aliphatic hydroxyl groups excluding tert-OH is 1. The molecule has 1 aromatic heterocycles. The van der Waals surface area contributed by atoms with Crippen molar-refractivity contribution in [2.75, 3.05) is 6.61 Å². The minimum Gasteiger partial charge on any atom is -0.394 e. The highest BCUT2D eigenvalue weighted by Crippen LogP contribution is 2.38. The van der Waals surface area contributed by atoms with E-state index in [2.05, 4.69) is 28.5 Å². The van der Waals surface area contributed by atoms with E-state index in [0.717, 1.165) is 29.4 Å². The van der Waals surface area contributed by atoms with Crippen molar-refractivity contribution >= 4 is 23.3 Å². The van der Waals surface area contributed by atoms with E-state index in [1.165, 1.54) is 18.0 Å². The summed E-state index contributed by atoms with van der Waals surface area (Å²) in [7, 11) is 0. The van der Waals surface area contributed by atoms with E-state index in [4.69, 9.17) is 0 Å². The van der Waals surface area contributed by atoms with Crippen LogP contribution < -0.4 is 5.32 Å². The lowest BCUT2D eigenvalue weighted by Gasteiger charge is -2.41. The predicted octanol–water partition coefficient (Wildman–Crippen LogP) is 2.61. The summed E-state index contributed by atoms with van der Waals surface area (Å²) in [6.07, 6.45) is 4.43. The van der Waals surface area contributed by atoms with Crippen LogP contribution in [0.2, 0.25) is 0 Å². The van der Waals surface area contributed by atoms with Crippen LogP contribution in [-0.4, -0.2) is 37.9 Å². The average molecular weight is 301 g/mol. The van der Waals surface area contributed by atoms with E-state index in [-0.39, 0.29) is 12.1 Å². The standard InChI is InChI=1S/C13H23N3OS2/c1-9(2)15-13(8-17)6-4-5-11(7-13)18-12-14-10(3)16-19-12/h9,11,15,17H,4-8H2,1-3H3. The zero-order valence-corrected chi connectivity index (χ0v) is 13.5. The summed E-state index contributed by atoms with van der Waals surface area (Å²) in [4.78, 5) is 4.43. The third-order valence-electron chi connectivity index (χ3n) is 3.47. The van der Waals surface area contributed by atoms with E-state index in [9.17, 15) is 5.11 Å². The van der Waals surface area contributed by atoms with Crippen molar-refractivity contribution in [3.8, 4) is 0 Å². The second-order valence-corrected chi connectivity index (χ2v) is 7.98. The van der Waals surface area contributed by atoms with Crippen LogP contribution in [0.25, 0.3) is 0 Å². The molecule has 1 fully saturated rings. The summed E-state index contributed by atoms with van der Waals surface area (Å²) in [6, 6.07) is 0.402. The number of hydrogen-bond donors (Lipinski definition) is 2. The molecule has 0 spiro atoms. The summed E-state index contributed by atoms with van der Waals surface area (Å²) >= 11 is 3.31. The molecule has 0 aromatic carbocycles. The summed E-state index contributed by atoms with van der Waals surface area (Å²) in [5, 5.41) is 13.9. The molecule has 2 rings (SSSR count). The van der Waals surface area contributed by atoms with Crippen LogP contribution in [0.15, 0.2) is 4.34 Å². The number of aryl methyl sites for hydroxylation is 1. The number of aliphatic hydroxyl groups is 1. The van der Waals surface area contributed by atoms with Gasteiger partial charge < -0.3 is 10.4 Å². The fourth-order valence-electron chi connectivity index (χ4n) is 2.81. The van der Waals surface area contributed by atoms with E-state index < -0.39 is 0 Å². The molecule has 2 atom stereocenters. The lowest BCUT2D eigenvalue weighted by Crippen LogP contribution is -2.54. The Balaban J connectivity index is 1.99. The molecule has 0 radical (unpaired) electrons. The highest BCUT2D eigenvalue weighted by atomic mass is 32.2. The summed E-state index contributed by atoms with van der Waals surface area (Å²) in [6.45, 7) is 6.43. The topological polar surface area (TPSA) is 58.0 Å². The van der Waals surface area contributed by atoms with Gasteiger partial charge in [0.25, 0.3) is 0 Å². The molecule has 19 heavy (non-hydrogen) atoms. The number of thioether (sulfide) groups is 1. The van der Waals surface area contributed by atoms with Crippen LogP contribution in [0.4, 0.5) is 0 Å². The van der Waals surface area contributed by atoms with Crippen LogP contribution >= 0.6 is 23.3 Å². The Kier molecular flexibility index (Phi) is 5.22. The molecule has 1 aliphatic rings. The molecule has 1 aliphatic carbocycles. The van der Waals surface area contributed by atoms with Crippen molar-refractivity contribution < 1.29 is 5.11 Å². The van der Waals surface area contributed by atoms with E-state index in [0.29, 0.717) is 11.3 Å². The predicted molar refractivity (Wildman–Crippen MR) is 80.8 cm³/mol. The van der Waals surface area contributed by atoms with Gasteiger partial charge in [-0.2, -0.15) is 4.37 Å². The van der Waals surface area contributed by atoms with Crippen LogP contribution in [0, 0.1) is 6.92 Å². The first-order chi connectivity index (χ1) is 9.03. The van der Waals surface area contributed by atoms with Crippen molar-refractivity contribution in [2.24, 2.45) is 0 Å². The van der Waals surface area contributed by atoms with Crippen molar-refractivity contribution in [1.82, 2.24) is 14.7 Å². The highest BCUT2D eigenvalue weighted by Gasteiger charge is 2.36. The zero-order valence-electron chi connectivity index (χ0n) is 11.8. The third kappa shape index (κ3) is 4.15. The van der Waals surface area contributed by atoms with Gasteiger partial charge in [-0.25, -0.2) is 4.98 Å². The van der Waals surface area contributed by atoms with Gasteiger partial charge in [-0.15, -0.1) is 0 Å². The lowest BCUT2D eigenvalue weighted by molar-refractivity contribution is 0.115. The van der Waals surface area contributed by atoms with Crippen LogP contribution in [0.3, 0.4) is 0 Å². The van der Waals surface area contributed by atoms with Crippen molar-refractivity contribution in [3.63, 3.8) is 0 Å². The van der Waals surface area contributed by atoms with Crippen LogP contribution in [0.5, 0.6) is 0 Å². The molecule has 108 valence electrons. The first kappa shape index (κ1) is 15.2. The Morgan fingerprint density at radius 3 is 2.95 bits per heavy atom. The molecular weight excluding hydrogens is 278 g/mol. The van der Waals surface area contributed by atoms with Gasteiger partial charge >= 0.3 is 0 Å². The SMILES string of the molecule is Cc1nsc(SC2CCCC(CO)(NC(C)C)C2)n1. The van der Waals surface area contributed by atoms with Gasteiger partial charge in [-0.05, 0) is 37.7 Å². The minimum absolute atomic E-state index is 0.107. The Hall–Kier alpha value is -0.170. The smallest absolute Gasteiger partial charge is 0.170 e. The third-order valence-corrected chi connectivity index (χ3v) is 5.62. The van der Waals surface area contributed by atoms with Gasteiger partial charge in [0.15, 0.2) is 4.34 Å². The Labute approximate surface area is 123 Å². The normalized spacial score (nSPS) is 27.9. The van der Waals surface area contributed by atoms with Gasteiger partial charge in [-0.3, -0.25) is 0 Å². The Morgan fingerprint density at radius 1 is 1.58 bits per heavy atom. The van der Waals surface area contributed by atoms with Gasteiger partial charge in [0.1, 0.15) is 5.82 Å². The average Bonchev–Trinajstić information content (AvgIpc) is 2.74. The van der Waals surface area contributed by atoms with Crippen molar-refractivity contribution in [3.05, 3.63) is 5.82 Å². The first-order valence-corrected chi connectivity index (χ1v) is 8.54. The molecule has 4 nitrogen and oxygen atoms in total. The number of hydrogen-bond acceptors (Lipinski definition) is 6. The van der Waals surface area contributed by atoms with Gasteiger partial charge in [0.05, 0.1) is 6.61 Å². The monoisotopic (exact) mass is 301 g/mol. The van der Waals surface area contributed by atoms with Crippen LogP contribution in [-0.2, 0) is 0 Å². The lowest BCUT2D eigenvalue weighted by atomic mass is 9.81. The molecular formula is C13H23N3OS2. The zero-order chi connectivity index (χ0) is 13.9. The van der Waals surface area contributed by atoms with E-state index in [1.807, 2.05) is 18.7 Å². The molecule has 2 unspecified atom stereocenters. The maximum Gasteiger partial charge on any atom is 0.170 e. The minimum atomic E-state index is -0.107. The second kappa shape index (κ2) is 6.52. The molecule has 2 N–H and O–H groups in total. The van der Waals surface area contributed by atoms with Crippen LogP contribution in [0.1, 0.15) is 45.4 Å². The van der Waals surface area contributed by atoms with E-state index >= 15 is 0 Å². The Morgan fingerprint density at radius 2 is 2.37 bits per heavy atom. The second-order valence-electron chi connectivity index (χ2n) is 5.68. The fraction of sp³-hybridized carbons (Fsp3) is 0.846. The maximum absolute atomic E-state index is 9.78. The Bertz CT molecular complexity index is 410. The molecule has 1 heterocycles. The van der Waals surface area contributed by atoms with Gasteiger partial charge in [0, 0.05) is 16.8 Å². The molecule has 0 bridgehead atoms. The van der Waals surface area contributed by atoms with Gasteiger partial charge in [0.2, 0.25) is 0 Å². The van der Waals surface area contributed by atoms with Crippen molar-refractivity contribution in [1.29, 1.82) is 0 Å². The molecule has 1 saturated carbocycles. The molecule has 1 aromatic rings. The fourth-order valence-corrected chi connectivity index (χ4v) is 5.08. The van der Waals surface area contributed by atoms with Gasteiger partial charge in [-0.1, -0.05) is 32.0 Å². The number of aromatic nitrogens is 2. The molecule has 0 saturated heterocycles. The number of rotatable bonds is 5. The number of nitrogens with one attached hydrogen (secondary N) is 1. The molecule has 6 heteroatoms. The first-order valence-electron chi connectivity index (χ1n) is 6.88. The molecule has 0 aliphatic heterocycles. The summed E-state index contributed by atoms with van der Waals surface area (Å²) in [5.41, 5.74) is -0.107. The summed E-state index contributed by atoms with van der Waals surface area (Å²) < 4.78 is 5.29. The van der Waals surface area contributed by atoms with E-state index in [1.54, 1.807) is 0 Å². The molecule has 0 amide bonds. The maximum atomic E-state index is 9.78. The highest BCUT2D eigenvalue weighted by molar-refractivity contribution is 8.01.